The summed E-state index contributed by atoms with van der Waals surface area (Å²) in [7, 11) is -1.46. The molecule has 1 saturated carbocycles. The van der Waals surface area contributed by atoms with Crippen LogP contribution in [0.15, 0.2) is 102 Å². The topological polar surface area (TPSA) is 38.9 Å². The number of furan rings is 1. The van der Waals surface area contributed by atoms with Gasteiger partial charge in [0.05, 0.1) is 13.7 Å². The van der Waals surface area contributed by atoms with Crippen LogP contribution in [0.4, 0.5) is 0 Å². The van der Waals surface area contributed by atoms with Crippen LogP contribution in [-0.2, 0) is 20.1 Å². The first-order chi connectivity index (χ1) is 20.0. The number of hydrogen-bond acceptors (Lipinski definition) is 3. The van der Waals surface area contributed by atoms with Crippen molar-refractivity contribution in [3.63, 3.8) is 0 Å². The Labute approximate surface area is 263 Å². The van der Waals surface area contributed by atoms with Crippen molar-refractivity contribution in [1.29, 1.82) is 0 Å². The molecule has 0 unspecified atom stereocenters. The van der Waals surface area contributed by atoms with E-state index in [0.717, 1.165) is 45.0 Å². The van der Waals surface area contributed by atoms with Crippen molar-refractivity contribution in [2.24, 2.45) is 0 Å². The van der Waals surface area contributed by atoms with E-state index in [-0.39, 0.29) is 20.1 Å². The van der Waals surface area contributed by atoms with Crippen LogP contribution in [0, 0.1) is 12.1 Å². The molecule has 1 fully saturated rings. The van der Waals surface area contributed by atoms with Crippen molar-refractivity contribution in [2.45, 2.75) is 57.7 Å². The maximum absolute atomic E-state index is 6.22. The van der Waals surface area contributed by atoms with Gasteiger partial charge in [0.15, 0.2) is 0 Å². The Hall–Kier alpha value is -3.37. The first kappa shape index (κ1) is 30.1. The summed E-state index contributed by atoms with van der Waals surface area (Å²) in [5, 5.41) is 3.86. The van der Waals surface area contributed by atoms with Crippen LogP contribution in [-0.4, -0.2) is 18.0 Å². The molecule has 0 amide bonds. The van der Waals surface area contributed by atoms with Crippen molar-refractivity contribution < 1.29 is 24.5 Å². The van der Waals surface area contributed by atoms with Gasteiger partial charge in [0, 0.05) is 37.9 Å². The molecule has 1 aliphatic rings. The molecule has 42 heavy (non-hydrogen) atoms. The van der Waals surface area contributed by atoms with Crippen LogP contribution in [0.1, 0.15) is 43.6 Å². The molecule has 0 atom stereocenters. The average molecular weight is 745 g/mol. The summed E-state index contributed by atoms with van der Waals surface area (Å²) in [5.74, 6) is 0.740. The predicted molar refractivity (Wildman–Crippen MR) is 173 cm³/mol. The number of hydrogen-bond donors (Lipinski definition) is 0. The van der Waals surface area contributed by atoms with E-state index in [2.05, 4.69) is 84.2 Å². The minimum atomic E-state index is -1.46. The largest absolute Gasteiger partial charge is 0.501 e. The maximum atomic E-state index is 6.22. The minimum absolute atomic E-state index is 0. The second-order valence-corrected chi connectivity index (χ2v) is 17.0. The molecule has 215 valence electrons. The van der Waals surface area contributed by atoms with Gasteiger partial charge in [0.2, 0.25) is 0 Å². The summed E-state index contributed by atoms with van der Waals surface area (Å²) in [6.07, 6.45) is 10.6. The molecule has 0 spiro atoms. The van der Waals surface area contributed by atoms with Gasteiger partial charge in [-0.2, -0.15) is 0 Å². The fourth-order valence-electron chi connectivity index (χ4n) is 5.95. The Balaban J connectivity index is 0.000000169. The zero-order valence-electron chi connectivity index (χ0n) is 24.5. The van der Waals surface area contributed by atoms with Gasteiger partial charge in [-0.1, -0.05) is 90.9 Å². The number of pyridine rings is 2. The summed E-state index contributed by atoms with van der Waals surface area (Å²) in [6, 6.07) is 35.5. The first-order valence-electron chi connectivity index (χ1n) is 14.7. The molecule has 6 aromatic rings. The molecule has 7 rings (SSSR count). The van der Waals surface area contributed by atoms with Gasteiger partial charge in [-0.25, -0.2) is 0 Å². The Bertz CT molecular complexity index is 1750. The van der Waals surface area contributed by atoms with E-state index >= 15 is 0 Å². The van der Waals surface area contributed by atoms with Crippen LogP contribution in [0.25, 0.3) is 44.5 Å². The summed E-state index contributed by atoms with van der Waals surface area (Å²) >= 11 is 0. The molecule has 0 aliphatic heterocycles. The predicted octanol–water partition coefficient (Wildman–Crippen LogP) is 9.59. The van der Waals surface area contributed by atoms with Gasteiger partial charge in [-0.05, 0) is 48.3 Å². The van der Waals surface area contributed by atoms with E-state index in [1.54, 1.807) is 6.20 Å². The van der Waals surface area contributed by atoms with Crippen LogP contribution >= 0.6 is 0 Å². The van der Waals surface area contributed by atoms with E-state index in [9.17, 15) is 0 Å². The van der Waals surface area contributed by atoms with Crippen molar-refractivity contribution in [3.8, 4) is 22.5 Å². The molecule has 1 aliphatic carbocycles. The molecular weight excluding hydrogens is 709 g/mol. The van der Waals surface area contributed by atoms with Gasteiger partial charge in [0.1, 0.15) is 5.58 Å². The molecule has 3 nitrogen and oxygen atoms in total. The van der Waals surface area contributed by atoms with E-state index in [1.807, 2.05) is 48.7 Å². The molecule has 0 saturated heterocycles. The molecule has 0 N–H and O–H groups in total. The average Bonchev–Trinajstić information content (AvgIpc) is 3.41. The summed E-state index contributed by atoms with van der Waals surface area (Å²) in [5.41, 5.74) is 7.27. The number of fused-ring (bicyclic) bond motifs is 3. The van der Waals surface area contributed by atoms with Crippen LogP contribution in [0.3, 0.4) is 0 Å². The molecule has 3 heterocycles. The smallest absolute Gasteiger partial charge is 0.120 e. The van der Waals surface area contributed by atoms with Gasteiger partial charge < -0.3 is 14.4 Å². The molecule has 3 aromatic heterocycles. The number of aromatic nitrogens is 2. The molecular formula is C37H36IrN2OSi-2. The van der Waals surface area contributed by atoms with Crippen LogP contribution in [0.2, 0.25) is 19.6 Å². The Morgan fingerprint density at radius 1 is 0.762 bits per heavy atom. The summed E-state index contributed by atoms with van der Waals surface area (Å²) in [4.78, 5) is 8.93. The van der Waals surface area contributed by atoms with Crippen LogP contribution < -0.4 is 5.19 Å². The quantitative estimate of drug-likeness (QED) is 0.133. The third-order valence-corrected chi connectivity index (χ3v) is 10.1. The Kier molecular flexibility index (Phi) is 9.52. The zero-order chi connectivity index (χ0) is 28.2. The minimum Gasteiger partial charge on any atom is -0.501 e. The Morgan fingerprint density at radius 2 is 1.57 bits per heavy atom. The fraction of sp³-hybridized carbons (Fsp3) is 0.243. The van der Waals surface area contributed by atoms with Crippen LogP contribution in [0.5, 0.6) is 0 Å². The van der Waals surface area contributed by atoms with E-state index < -0.39 is 8.07 Å². The fourth-order valence-corrected chi connectivity index (χ4v) is 7.56. The number of benzene rings is 3. The Morgan fingerprint density at radius 3 is 2.31 bits per heavy atom. The monoisotopic (exact) mass is 745 g/mol. The number of rotatable bonds is 4. The third-order valence-electron chi connectivity index (χ3n) is 8.03. The van der Waals surface area contributed by atoms with Crippen molar-refractivity contribution >= 4 is 35.2 Å². The van der Waals surface area contributed by atoms with Gasteiger partial charge >= 0.3 is 0 Å². The van der Waals surface area contributed by atoms with E-state index in [0.29, 0.717) is 0 Å². The van der Waals surface area contributed by atoms with E-state index in [1.165, 1.54) is 48.2 Å². The normalized spacial score (nSPS) is 13.8. The maximum Gasteiger partial charge on any atom is 0.120 e. The van der Waals surface area contributed by atoms with Crippen molar-refractivity contribution in [1.82, 2.24) is 9.97 Å². The second kappa shape index (κ2) is 13.3. The SMILES string of the molecule is C[Si](C)(C)c1cccc2oc3c(-c4ccccn4)[c-]ccc3c12.[Ir].[c-]1ccccc1-c1cc(C2CCCCC2)ccn1. The standard InChI is InChI=1S/C20H18NOSi.C17H18N.Ir/c1-23(2,3)18-12-7-11-17-19(18)15-9-6-8-14(20(15)22-17)16-10-4-5-13-21-16;1-3-7-14(8-4-1)16-11-12-18-17(13-16)15-9-5-2-6-10-15;/h4-7,9-13H,1-3H3;2,5-6,9,11-14H,1,3-4,7-8H2;/q2*-1;. The molecule has 0 bridgehead atoms. The van der Waals surface area contributed by atoms with Crippen molar-refractivity contribution in [3.05, 3.63) is 115 Å². The third kappa shape index (κ3) is 6.49. The van der Waals surface area contributed by atoms with E-state index in [4.69, 9.17) is 4.42 Å². The summed E-state index contributed by atoms with van der Waals surface area (Å²) < 4.78 is 6.22. The van der Waals surface area contributed by atoms with Gasteiger partial charge in [-0.15, -0.1) is 54.1 Å². The molecule has 5 heteroatoms. The molecule has 3 aromatic carbocycles. The number of nitrogens with zero attached hydrogens (tertiary/aromatic N) is 2. The van der Waals surface area contributed by atoms with Crippen molar-refractivity contribution in [2.75, 3.05) is 0 Å². The van der Waals surface area contributed by atoms with Gasteiger partial charge in [-0.3, -0.25) is 0 Å². The second-order valence-electron chi connectivity index (χ2n) is 11.9. The first-order valence-corrected chi connectivity index (χ1v) is 18.2. The zero-order valence-corrected chi connectivity index (χ0v) is 27.9. The molecule has 1 radical (unpaired) electrons. The van der Waals surface area contributed by atoms with Gasteiger partial charge in [0.25, 0.3) is 0 Å². The summed E-state index contributed by atoms with van der Waals surface area (Å²) in [6.45, 7) is 7.11.